The number of thiol groups is 1. The van der Waals surface area contributed by atoms with E-state index in [0.717, 1.165) is 5.75 Å². The molecule has 0 bridgehead atoms. The Morgan fingerprint density at radius 1 is 1.38 bits per heavy atom. The molecule has 0 radical (unpaired) electrons. The zero-order valence-electron chi connectivity index (χ0n) is 10.4. The van der Waals surface area contributed by atoms with Gasteiger partial charge in [0.2, 0.25) is 0 Å². The summed E-state index contributed by atoms with van der Waals surface area (Å²) in [6, 6.07) is 6.55. The Morgan fingerprint density at radius 2 is 2.00 bits per heavy atom. The molecule has 0 N–H and O–H groups in total. The van der Waals surface area contributed by atoms with E-state index in [4.69, 9.17) is 4.74 Å². The van der Waals surface area contributed by atoms with Crippen molar-refractivity contribution in [2.75, 3.05) is 18.3 Å². The molecular formula is C12H19IOS2. The van der Waals surface area contributed by atoms with Gasteiger partial charge < -0.3 is 0 Å². The number of benzene rings is 1. The number of hydrogen-bond acceptors (Lipinski definition) is 3. The molecule has 92 valence electrons. The van der Waals surface area contributed by atoms with E-state index in [-0.39, 0.29) is 4.75 Å². The van der Waals surface area contributed by atoms with E-state index < -0.39 is 18.4 Å². The Hall–Kier alpha value is 0.450. The summed E-state index contributed by atoms with van der Waals surface area (Å²) in [5, 5.41) is 0. The van der Waals surface area contributed by atoms with Gasteiger partial charge in [0.1, 0.15) is 0 Å². The van der Waals surface area contributed by atoms with E-state index in [1.54, 1.807) is 7.11 Å². The second-order valence-corrected chi connectivity index (χ2v) is 12.5. The zero-order valence-corrected chi connectivity index (χ0v) is 14.2. The normalized spacial score (nSPS) is 12.5. The Kier molecular flexibility index (Phi) is 5.32. The summed E-state index contributed by atoms with van der Waals surface area (Å²) in [6.07, 6.45) is 2.14. The number of rotatable bonds is 4. The van der Waals surface area contributed by atoms with Crippen LogP contribution >= 0.6 is 40.0 Å². The van der Waals surface area contributed by atoms with Gasteiger partial charge in [0.05, 0.1) is 0 Å². The predicted octanol–water partition coefficient (Wildman–Crippen LogP) is 4.44. The first-order valence-corrected chi connectivity index (χ1v) is 12.6. The molecule has 1 aromatic carbocycles. The number of hydrogen-bond donors (Lipinski definition) is 1. The number of ether oxygens (including phenoxy) is 1. The maximum atomic E-state index is 5.47. The summed E-state index contributed by atoms with van der Waals surface area (Å²) in [5.41, 5.74) is 1.31. The Balaban J connectivity index is 3.19. The van der Waals surface area contributed by atoms with Crippen LogP contribution in [0.1, 0.15) is 19.4 Å². The van der Waals surface area contributed by atoms with Crippen molar-refractivity contribution in [2.45, 2.75) is 18.6 Å². The van der Waals surface area contributed by atoms with Gasteiger partial charge in [-0.05, 0) is 0 Å². The van der Waals surface area contributed by atoms with Gasteiger partial charge in [0, 0.05) is 0 Å². The zero-order chi connectivity index (χ0) is 12.3. The first-order valence-electron chi connectivity index (χ1n) is 4.95. The van der Waals surface area contributed by atoms with Crippen molar-refractivity contribution < 1.29 is 4.74 Å². The van der Waals surface area contributed by atoms with Gasteiger partial charge in [0.15, 0.2) is 0 Å². The van der Waals surface area contributed by atoms with Crippen molar-refractivity contribution >= 4 is 40.0 Å². The van der Waals surface area contributed by atoms with Gasteiger partial charge in [-0.1, -0.05) is 0 Å². The monoisotopic (exact) mass is 370 g/mol. The minimum absolute atomic E-state index is 0.134. The van der Waals surface area contributed by atoms with Crippen molar-refractivity contribution in [1.82, 2.24) is 0 Å². The SMILES string of the molecule is COc1cc(C(C)(C)SC)ccc1I(C)S. The van der Waals surface area contributed by atoms with Crippen LogP contribution in [0.25, 0.3) is 0 Å². The summed E-state index contributed by atoms with van der Waals surface area (Å²) < 4.78 is 6.90. The quantitative estimate of drug-likeness (QED) is 0.477. The first-order chi connectivity index (χ1) is 7.42. The van der Waals surface area contributed by atoms with Crippen molar-refractivity contribution in [3.63, 3.8) is 0 Å². The van der Waals surface area contributed by atoms with Crippen molar-refractivity contribution in [2.24, 2.45) is 0 Å². The second-order valence-electron chi connectivity index (χ2n) is 4.01. The molecule has 1 rings (SSSR count). The molecule has 0 saturated carbocycles. The molecule has 0 amide bonds. The van der Waals surface area contributed by atoms with Gasteiger partial charge in [-0.15, -0.1) is 0 Å². The molecule has 0 atom stereocenters. The molecular weight excluding hydrogens is 351 g/mol. The third-order valence-corrected chi connectivity index (χ3v) is 7.70. The summed E-state index contributed by atoms with van der Waals surface area (Å²) in [6.45, 7) is 4.46. The van der Waals surface area contributed by atoms with Gasteiger partial charge >= 0.3 is 115 Å². The molecule has 0 aliphatic carbocycles. The van der Waals surface area contributed by atoms with Crippen LogP contribution in [0.2, 0.25) is 0 Å². The molecule has 1 nitrogen and oxygen atoms in total. The van der Waals surface area contributed by atoms with E-state index >= 15 is 0 Å². The molecule has 0 unspecified atom stereocenters. The number of alkyl halides is 1. The molecule has 16 heavy (non-hydrogen) atoms. The molecule has 4 heteroatoms. The van der Waals surface area contributed by atoms with Crippen LogP contribution in [0.3, 0.4) is 0 Å². The summed E-state index contributed by atoms with van der Waals surface area (Å²) in [4.78, 5) is 2.21. The Labute approximate surface area is 114 Å². The van der Waals surface area contributed by atoms with Crippen molar-refractivity contribution in [3.05, 3.63) is 27.3 Å². The Morgan fingerprint density at radius 3 is 2.44 bits per heavy atom. The van der Waals surface area contributed by atoms with Gasteiger partial charge in [-0.25, -0.2) is 0 Å². The molecule has 0 aliphatic rings. The number of halogens is 1. The fraction of sp³-hybridized carbons (Fsp3) is 0.500. The van der Waals surface area contributed by atoms with Crippen molar-refractivity contribution in [3.8, 4) is 5.75 Å². The van der Waals surface area contributed by atoms with Gasteiger partial charge in [-0.3, -0.25) is 0 Å². The molecule has 0 spiro atoms. The third-order valence-electron chi connectivity index (χ3n) is 2.65. The van der Waals surface area contributed by atoms with Gasteiger partial charge in [0.25, 0.3) is 0 Å². The van der Waals surface area contributed by atoms with Gasteiger partial charge in [-0.2, -0.15) is 0 Å². The van der Waals surface area contributed by atoms with Crippen LogP contribution < -0.4 is 4.74 Å². The van der Waals surface area contributed by atoms with Crippen LogP contribution in [0.4, 0.5) is 0 Å². The van der Waals surface area contributed by atoms with Crippen LogP contribution in [-0.2, 0) is 4.75 Å². The van der Waals surface area contributed by atoms with E-state index in [2.05, 4.69) is 53.0 Å². The molecule has 0 heterocycles. The summed E-state index contributed by atoms with van der Waals surface area (Å²) >= 11 is 0.578. The van der Waals surface area contributed by atoms with Crippen LogP contribution in [0, 0.1) is 3.57 Å². The second kappa shape index (κ2) is 5.87. The Bertz CT molecular complexity index is 364. The molecule has 1 aromatic rings. The van der Waals surface area contributed by atoms with Crippen LogP contribution in [0.15, 0.2) is 18.2 Å². The average Bonchev–Trinajstić information content (AvgIpc) is 2.27. The van der Waals surface area contributed by atoms with E-state index in [1.165, 1.54) is 9.13 Å². The van der Waals surface area contributed by atoms with E-state index in [9.17, 15) is 0 Å². The number of thioether (sulfide) groups is 1. The van der Waals surface area contributed by atoms with E-state index in [0.29, 0.717) is 0 Å². The molecule has 0 aromatic heterocycles. The van der Waals surface area contributed by atoms with Crippen LogP contribution in [-0.4, -0.2) is 18.3 Å². The summed E-state index contributed by atoms with van der Waals surface area (Å²) in [7, 11) is 6.35. The predicted molar refractivity (Wildman–Crippen MR) is 87.2 cm³/mol. The minimum atomic E-state index is -1.27. The third kappa shape index (κ3) is 3.23. The standard InChI is InChI=1S/C12H19IOS2/c1-12(2,16-5)9-6-7-10(13(3)15)11(8-9)14-4/h6-8,15H,1-5H3. The first kappa shape index (κ1) is 14.5. The molecule has 0 fully saturated rings. The maximum absolute atomic E-state index is 5.47. The topological polar surface area (TPSA) is 9.23 Å². The fourth-order valence-electron chi connectivity index (χ4n) is 1.38. The van der Waals surface area contributed by atoms with E-state index in [1.807, 2.05) is 11.8 Å². The van der Waals surface area contributed by atoms with Crippen LogP contribution in [0.5, 0.6) is 5.75 Å². The van der Waals surface area contributed by atoms with Crippen molar-refractivity contribution in [1.29, 1.82) is 0 Å². The fourth-order valence-corrected chi connectivity index (χ4v) is 4.52. The average molecular weight is 370 g/mol. The molecule has 0 saturated heterocycles. The summed E-state index contributed by atoms with van der Waals surface area (Å²) in [5.74, 6) is 1.00. The molecule has 0 aliphatic heterocycles. The number of methoxy groups -OCH3 is 1.